The maximum Gasteiger partial charge on any atom is 0.410 e. The fraction of sp³-hybridized carbons (Fsp3) is 0.412. The summed E-state index contributed by atoms with van der Waals surface area (Å²) in [4.78, 5) is 12.0. The van der Waals surface area contributed by atoms with Crippen LogP contribution in [0.4, 0.5) is 19.0 Å². The van der Waals surface area contributed by atoms with Gasteiger partial charge in [-0.05, 0) is 25.5 Å². The Labute approximate surface area is 154 Å². The highest BCUT2D eigenvalue weighted by molar-refractivity contribution is 6.31. The average Bonchev–Trinajstić information content (AvgIpc) is 3.01. The Morgan fingerprint density at radius 2 is 2.27 bits per heavy atom. The predicted molar refractivity (Wildman–Crippen MR) is 93.2 cm³/mol. The summed E-state index contributed by atoms with van der Waals surface area (Å²) < 4.78 is 46.4. The monoisotopic (exact) mass is 389 g/mol. The van der Waals surface area contributed by atoms with Crippen LogP contribution in [0.3, 0.4) is 0 Å². The number of hydrogen-bond donors (Lipinski definition) is 1. The van der Waals surface area contributed by atoms with Gasteiger partial charge in [0, 0.05) is 11.5 Å². The van der Waals surface area contributed by atoms with Crippen LogP contribution in [-0.4, -0.2) is 34.6 Å². The zero-order valence-corrected chi connectivity index (χ0v) is 15.1. The number of nitrogens with zero attached hydrogens (tertiary/aromatic N) is 2. The minimum absolute atomic E-state index is 0.0236. The molecule has 0 amide bonds. The van der Waals surface area contributed by atoms with Crippen molar-refractivity contribution in [3.63, 3.8) is 0 Å². The third-order valence-corrected chi connectivity index (χ3v) is 4.23. The quantitative estimate of drug-likeness (QED) is 0.590. The van der Waals surface area contributed by atoms with Crippen LogP contribution in [0.15, 0.2) is 41.6 Å². The first-order valence-corrected chi connectivity index (χ1v) is 8.34. The van der Waals surface area contributed by atoms with Crippen molar-refractivity contribution in [2.45, 2.75) is 38.5 Å². The van der Waals surface area contributed by atoms with E-state index < -0.39 is 24.2 Å². The van der Waals surface area contributed by atoms with Crippen molar-refractivity contribution in [1.82, 2.24) is 9.78 Å². The molecule has 0 aromatic carbocycles. The highest BCUT2D eigenvalue weighted by Crippen LogP contribution is 2.41. The Morgan fingerprint density at radius 3 is 2.81 bits per heavy atom. The molecule has 26 heavy (non-hydrogen) atoms. The van der Waals surface area contributed by atoms with Gasteiger partial charge in [0.1, 0.15) is 11.4 Å². The van der Waals surface area contributed by atoms with E-state index in [2.05, 4.69) is 17.0 Å². The van der Waals surface area contributed by atoms with Crippen molar-refractivity contribution < 1.29 is 22.7 Å². The highest BCUT2D eigenvalue weighted by atomic mass is 35.5. The van der Waals surface area contributed by atoms with E-state index in [4.69, 9.17) is 16.3 Å². The molecular weight excluding hydrogens is 371 g/mol. The Morgan fingerprint density at radius 1 is 1.58 bits per heavy atom. The number of carbonyl (C=O) groups excluding carboxylic acids is 1. The van der Waals surface area contributed by atoms with E-state index in [9.17, 15) is 18.0 Å². The lowest BCUT2D eigenvalue weighted by molar-refractivity contribution is -0.173. The molecular formula is C17H19ClF3N3O2. The summed E-state index contributed by atoms with van der Waals surface area (Å²) >= 11 is 5.95. The fourth-order valence-electron chi connectivity index (χ4n) is 2.74. The zero-order valence-electron chi connectivity index (χ0n) is 14.3. The van der Waals surface area contributed by atoms with E-state index in [1.807, 2.05) is 0 Å². The van der Waals surface area contributed by atoms with E-state index in [-0.39, 0.29) is 24.4 Å². The molecule has 2 heterocycles. The average molecular weight is 390 g/mol. The van der Waals surface area contributed by atoms with Gasteiger partial charge >= 0.3 is 12.1 Å². The van der Waals surface area contributed by atoms with Gasteiger partial charge in [0.2, 0.25) is 0 Å². The van der Waals surface area contributed by atoms with Crippen LogP contribution in [-0.2, 0) is 4.74 Å². The Hall–Kier alpha value is -2.22. The third-order valence-electron chi connectivity index (χ3n) is 3.97. The van der Waals surface area contributed by atoms with Gasteiger partial charge in [-0.3, -0.25) is 0 Å². The standard InChI is InChI=1S/C17H19ClF3N3O2/c1-4-10(7-11(18)5-2)13-8-14(17(19,20)21)24-15(23-13)12(9-22-24)16(25)26-6-3/h4-5,7,9,13-14,23H,2,6,8H2,1,3H3/b10-4+,11-7+. The predicted octanol–water partition coefficient (Wildman–Crippen LogP) is 4.60. The lowest BCUT2D eigenvalue weighted by atomic mass is 9.95. The van der Waals surface area contributed by atoms with Crippen molar-refractivity contribution in [2.75, 3.05) is 11.9 Å². The number of nitrogens with one attached hydrogen (secondary N) is 1. The first-order chi connectivity index (χ1) is 12.2. The molecule has 0 fully saturated rings. The number of carbonyl (C=O) groups is 1. The number of halogens is 4. The minimum atomic E-state index is -4.53. The molecule has 9 heteroatoms. The van der Waals surface area contributed by atoms with E-state index in [0.717, 1.165) is 10.9 Å². The molecule has 1 aromatic heterocycles. The zero-order chi connectivity index (χ0) is 19.5. The van der Waals surface area contributed by atoms with Crippen molar-refractivity contribution in [2.24, 2.45) is 0 Å². The molecule has 2 unspecified atom stereocenters. The number of ether oxygens (including phenoxy) is 1. The van der Waals surface area contributed by atoms with Crippen LogP contribution in [0, 0.1) is 0 Å². The molecule has 1 aromatic rings. The topological polar surface area (TPSA) is 56.2 Å². The van der Waals surface area contributed by atoms with E-state index in [1.54, 1.807) is 19.9 Å². The summed E-state index contributed by atoms with van der Waals surface area (Å²) in [5.41, 5.74) is 0.506. The Kier molecular flexibility index (Phi) is 6.17. The number of allylic oxidation sites excluding steroid dienone is 3. The summed E-state index contributed by atoms with van der Waals surface area (Å²) in [6, 6.07) is -2.59. The van der Waals surface area contributed by atoms with Gasteiger partial charge in [0.05, 0.1) is 18.8 Å². The van der Waals surface area contributed by atoms with Crippen molar-refractivity contribution in [3.05, 3.63) is 47.2 Å². The molecule has 0 radical (unpaired) electrons. The second-order valence-corrected chi connectivity index (χ2v) is 6.02. The molecule has 2 atom stereocenters. The summed E-state index contributed by atoms with van der Waals surface area (Å²) in [6.45, 7) is 6.94. The molecule has 1 N–H and O–H groups in total. The van der Waals surface area contributed by atoms with Crippen molar-refractivity contribution in [3.8, 4) is 0 Å². The van der Waals surface area contributed by atoms with Gasteiger partial charge < -0.3 is 10.1 Å². The number of rotatable bonds is 5. The maximum atomic E-state index is 13.6. The summed E-state index contributed by atoms with van der Waals surface area (Å²) in [5, 5.41) is 7.02. The van der Waals surface area contributed by atoms with Gasteiger partial charge in [-0.2, -0.15) is 18.3 Å². The number of hydrogen-bond acceptors (Lipinski definition) is 4. The first-order valence-electron chi connectivity index (χ1n) is 7.96. The molecule has 1 aliphatic rings. The lowest BCUT2D eigenvalue weighted by Crippen LogP contribution is -2.40. The fourth-order valence-corrected chi connectivity index (χ4v) is 2.87. The number of esters is 1. The van der Waals surface area contributed by atoms with E-state index in [1.165, 1.54) is 12.2 Å². The molecule has 1 aliphatic heterocycles. The molecule has 0 aliphatic carbocycles. The van der Waals surface area contributed by atoms with Crippen LogP contribution in [0.25, 0.3) is 0 Å². The third kappa shape index (κ3) is 4.12. The van der Waals surface area contributed by atoms with Crippen LogP contribution < -0.4 is 5.32 Å². The first kappa shape index (κ1) is 20.1. The summed E-state index contributed by atoms with van der Waals surface area (Å²) in [5.74, 6) is -0.756. The molecule has 142 valence electrons. The van der Waals surface area contributed by atoms with E-state index in [0.29, 0.717) is 10.6 Å². The van der Waals surface area contributed by atoms with Gasteiger partial charge in [-0.25, -0.2) is 9.48 Å². The number of aromatic nitrogens is 2. The van der Waals surface area contributed by atoms with Crippen molar-refractivity contribution >= 4 is 23.4 Å². The Balaban J connectivity index is 2.49. The molecule has 0 saturated heterocycles. The number of alkyl halides is 3. The smallest absolute Gasteiger partial charge is 0.410 e. The molecule has 5 nitrogen and oxygen atoms in total. The second kappa shape index (κ2) is 7.99. The van der Waals surface area contributed by atoms with Gasteiger partial charge in [0.25, 0.3) is 0 Å². The second-order valence-electron chi connectivity index (χ2n) is 5.58. The lowest BCUT2D eigenvalue weighted by Gasteiger charge is -2.34. The molecule has 0 saturated carbocycles. The van der Waals surface area contributed by atoms with Gasteiger partial charge in [-0.15, -0.1) is 0 Å². The number of anilines is 1. The highest BCUT2D eigenvalue weighted by Gasteiger charge is 2.47. The maximum absolute atomic E-state index is 13.6. The number of fused-ring (bicyclic) bond motifs is 1. The minimum Gasteiger partial charge on any atom is -0.462 e. The Bertz CT molecular complexity index is 753. The normalized spacial score (nSPS) is 21.0. The molecule has 0 spiro atoms. The van der Waals surface area contributed by atoms with Gasteiger partial charge in [0.15, 0.2) is 6.04 Å². The van der Waals surface area contributed by atoms with Crippen LogP contribution in [0.5, 0.6) is 0 Å². The summed E-state index contributed by atoms with van der Waals surface area (Å²) in [7, 11) is 0. The van der Waals surface area contributed by atoms with Crippen LogP contribution in [0.1, 0.15) is 36.7 Å². The van der Waals surface area contributed by atoms with Crippen LogP contribution in [0.2, 0.25) is 0 Å². The largest absolute Gasteiger partial charge is 0.462 e. The summed E-state index contributed by atoms with van der Waals surface area (Å²) in [6.07, 6.45) is 0.852. The van der Waals surface area contributed by atoms with Crippen molar-refractivity contribution in [1.29, 1.82) is 0 Å². The van der Waals surface area contributed by atoms with E-state index >= 15 is 0 Å². The molecule has 0 bridgehead atoms. The SMILES string of the molecule is C=C/C(Cl)=C\C(=C/C)C1CC(C(F)(F)F)n2ncc(C(=O)OCC)c2N1. The van der Waals surface area contributed by atoms with Crippen LogP contribution >= 0.6 is 11.6 Å². The van der Waals surface area contributed by atoms with Gasteiger partial charge in [-0.1, -0.05) is 30.3 Å². The molecule has 2 rings (SSSR count).